The van der Waals surface area contributed by atoms with E-state index >= 15 is 0 Å². The summed E-state index contributed by atoms with van der Waals surface area (Å²) in [6.07, 6.45) is 51.6. The Hall–Kier alpha value is -1.94. The topological polar surface area (TPSA) is 237 Å². The standard InChI is InChI=1S/C71H138O17P2/c1-6-10-13-16-18-20-22-24-26-27-28-30-32-38-42-47-52-57-71(76)88-67(61-82-69(74)55-50-45-40-36-34-33-35-39-44-48-53-64(5)9-4)63-86-90(79,80)84-59-65(72)58-83-89(77,78)85-62-66(60-81-68(73)54-49-43-15-12-8-3)87-70(75)56-51-46-41-37-31-29-25-23-21-19-17-14-11-7-2/h64-67,72H,6-63H2,1-5H3,(H,77,78)(H,79,80)/t64?,65-,66+,67+/m0/s1. The SMILES string of the molecule is CCCCCCCCCCCCCCCCCCCC(=O)O[C@H](COC(=O)CCCCCCCCCCCCC(C)CC)COP(=O)(O)OC[C@@H](O)COP(=O)(O)OC[C@@H](COC(=O)CCCCCCC)OC(=O)CCCCCCCCCCCCCCCC. The number of carbonyl (C=O) groups excluding carboxylic acids is 4. The van der Waals surface area contributed by atoms with Gasteiger partial charge in [0.15, 0.2) is 12.2 Å². The zero-order valence-electron chi connectivity index (χ0n) is 58.3. The third-order valence-electron chi connectivity index (χ3n) is 16.9. The molecule has 0 aromatic carbocycles. The number of hydrogen-bond donors (Lipinski definition) is 3. The molecule has 90 heavy (non-hydrogen) atoms. The molecule has 534 valence electrons. The van der Waals surface area contributed by atoms with Gasteiger partial charge in [-0.25, -0.2) is 9.13 Å². The quantitative estimate of drug-likeness (QED) is 0.0222. The van der Waals surface area contributed by atoms with Gasteiger partial charge in [0, 0.05) is 25.7 Å². The van der Waals surface area contributed by atoms with Crippen LogP contribution >= 0.6 is 15.6 Å². The molecule has 3 unspecified atom stereocenters. The van der Waals surface area contributed by atoms with Crippen molar-refractivity contribution in [1.82, 2.24) is 0 Å². The van der Waals surface area contributed by atoms with E-state index in [9.17, 15) is 43.2 Å². The highest BCUT2D eigenvalue weighted by Gasteiger charge is 2.30. The van der Waals surface area contributed by atoms with Gasteiger partial charge in [-0.15, -0.1) is 0 Å². The lowest BCUT2D eigenvalue weighted by atomic mass is 9.99. The molecule has 0 rings (SSSR count). The van der Waals surface area contributed by atoms with E-state index in [1.807, 2.05) is 0 Å². The normalized spacial score (nSPS) is 14.4. The van der Waals surface area contributed by atoms with Crippen molar-refractivity contribution in [2.75, 3.05) is 39.6 Å². The average molecular weight is 1330 g/mol. The molecular weight excluding hydrogens is 1190 g/mol. The van der Waals surface area contributed by atoms with Crippen LogP contribution in [0.2, 0.25) is 0 Å². The van der Waals surface area contributed by atoms with Crippen LogP contribution in [0.3, 0.4) is 0 Å². The van der Waals surface area contributed by atoms with Gasteiger partial charge in [-0.2, -0.15) is 0 Å². The lowest BCUT2D eigenvalue weighted by molar-refractivity contribution is -0.161. The van der Waals surface area contributed by atoms with Crippen LogP contribution in [0, 0.1) is 5.92 Å². The molecule has 0 aromatic rings. The van der Waals surface area contributed by atoms with E-state index in [0.717, 1.165) is 102 Å². The first kappa shape index (κ1) is 88.1. The molecule has 0 aliphatic rings. The molecule has 0 saturated heterocycles. The summed E-state index contributed by atoms with van der Waals surface area (Å²) >= 11 is 0. The molecule has 0 radical (unpaired) electrons. The Morgan fingerprint density at radius 2 is 0.533 bits per heavy atom. The maximum Gasteiger partial charge on any atom is 0.472 e. The van der Waals surface area contributed by atoms with Crippen molar-refractivity contribution >= 4 is 39.5 Å². The molecule has 0 saturated carbocycles. The Bertz CT molecular complexity index is 1740. The minimum atomic E-state index is -4.95. The summed E-state index contributed by atoms with van der Waals surface area (Å²) in [5, 5.41) is 10.6. The van der Waals surface area contributed by atoms with E-state index in [1.54, 1.807) is 0 Å². The molecule has 3 N–H and O–H groups in total. The number of unbranched alkanes of at least 4 members (excludes halogenated alkanes) is 42. The number of aliphatic hydroxyl groups is 1. The summed E-state index contributed by atoms with van der Waals surface area (Å²) in [5.41, 5.74) is 0. The maximum absolute atomic E-state index is 13.0. The molecular formula is C71H138O17P2. The van der Waals surface area contributed by atoms with E-state index in [2.05, 4.69) is 34.6 Å². The number of carbonyl (C=O) groups is 4. The van der Waals surface area contributed by atoms with Crippen molar-refractivity contribution in [3.8, 4) is 0 Å². The third kappa shape index (κ3) is 63.5. The lowest BCUT2D eigenvalue weighted by Crippen LogP contribution is -2.30. The summed E-state index contributed by atoms with van der Waals surface area (Å²) in [7, 11) is -9.89. The van der Waals surface area contributed by atoms with Gasteiger partial charge in [0.05, 0.1) is 26.4 Å². The number of esters is 4. The maximum atomic E-state index is 13.0. The predicted molar refractivity (Wildman–Crippen MR) is 363 cm³/mol. The molecule has 0 amide bonds. The number of rotatable bonds is 71. The summed E-state index contributed by atoms with van der Waals surface area (Å²) in [5.74, 6) is -1.32. The van der Waals surface area contributed by atoms with E-state index in [0.29, 0.717) is 25.7 Å². The van der Waals surface area contributed by atoms with Crippen molar-refractivity contribution in [2.24, 2.45) is 5.92 Å². The second-order valence-electron chi connectivity index (χ2n) is 25.9. The van der Waals surface area contributed by atoms with Crippen LogP contribution in [0.5, 0.6) is 0 Å². The molecule has 17 nitrogen and oxygen atoms in total. The van der Waals surface area contributed by atoms with Crippen molar-refractivity contribution in [3.63, 3.8) is 0 Å². The molecule has 19 heteroatoms. The predicted octanol–water partition coefficient (Wildman–Crippen LogP) is 20.5. The van der Waals surface area contributed by atoms with Crippen LogP contribution in [0.4, 0.5) is 0 Å². The van der Waals surface area contributed by atoms with Crippen LogP contribution in [0.25, 0.3) is 0 Å². The summed E-state index contributed by atoms with van der Waals surface area (Å²) in [6, 6.07) is 0. The van der Waals surface area contributed by atoms with Gasteiger partial charge in [-0.1, -0.05) is 317 Å². The Labute approximate surface area is 549 Å². The van der Waals surface area contributed by atoms with Gasteiger partial charge in [0.25, 0.3) is 0 Å². The van der Waals surface area contributed by atoms with Crippen LogP contribution in [0.15, 0.2) is 0 Å². The van der Waals surface area contributed by atoms with E-state index < -0.39 is 97.5 Å². The number of phosphoric ester groups is 2. The molecule has 0 bridgehead atoms. The molecule has 0 fully saturated rings. The van der Waals surface area contributed by atoms with Gasteiger partial charge in [-0.05, 0) is 31.6 Å². The highest BCUT2D eigenvalue weighted by molar-refractivity contribution is 7.47. The zero-order valence-corrected chi connectivity index (χ0v) is 60.1. The molecule has 0 heterocycles. The molecule has 0 aliphatic carbocycles. The first-order chi connectivity index (χ1) is 43.6. The van der Waals surface area contributed by atoms with Gasteiger partial charge >= 0.3 is 39.5 Å². The largest absolute Gasteiger partial charge is 0.472 e. The third-order valence-corrected chi connectivity index (χ3v) is 18.8. The molecule has 6 atom stereocenters. The number of hydrogen-bond acceptors (Lipinski definition) is 15. The minimum absolute atomic E-state index is 0.107. The van der Waals surface area contributed by atoms with Crippen LogP contribution in [-0.2, 0) is 65.4 Å². The van der Waals surface area contributed by atoms with E-state index in [4.69, 9.17) is 37.0 Å². The Kier molecular flexibility index (Phi) is 63.0. The smallest absolute Gasteiger partial charge is 0.462 e. The minimum Gasteiger partial charge on any atom is -0.462 e. The monoisotopic (exact) mass is 1320 g/mol. The Balaban J connectivity index is 5.16. The van der Waals surface area contributed by atoms with Crippen LogP contribution < -0.4 is 0 Å². The fraction of sp³-hybridized carbons (Fsp3) is 0.944. The van der Waals surface area contributed by atoms with Crippen molar-refractivity contribution in [2.45, 2.75) is 387 Å². The van der Waals surface area contributed by atoms with Gasteiger partial charge in [0.2, 0.25) is 0 Å². The fourth-order valence-corrected chi connectivity index (χ4v) is 12.4. The fourth-order valence-electron chi connectivity index (χ4n) is 10.8. The second-order valence-corrected chi connectivity index (χ2v) is 28.8. The zero-order chi connectivity index (χ0) is 66.3. The first-order valence-electron chi connectivity index (χ1n) is 37.2. The van der Waals surface area contributed by atoms with Crippen LogP contribution in [0.1, 0.15) is 369 Å². The highest BCUT2D eigenvalue weighted by Crippen LogP contribution is 2.45. The average Bonchev–Trinajstić information content (AvgIpc) is 3.64. The lowest BCUT2D eigenvalue weighted by Gasteiger charge is -2.21. The summed E-state index contributed by atoms with van der Waals surface area (Å²) in [6.45, 7) is 7.20. The van der Waals surface area contributed by atoms with Gasteiger partial charge in [-0.3, -0.25) is 37.3 Å². The number of ether oxygens (including phenoxy) is 4. The molecule has 0 aliphatic heterocycles. The number of phosphoric acid groups is 2. The van der Waals surface area contributed by atoms with Gasteiger partial charge in [0.1, 0.15) is 19.3 Å². The van der Waals surface area contributed by atoms with Crippen molar-refractivity contribution in [1.29, 1.82) is 0 Å². The van der Waals surface area contributed by atoms with Crippen molar-refractivity contribution < 1.29 is 80.2 Å². The van der Waals surface area contributed by atoms with Crippen LogP contribution in [-0.4, -0.2) is 96.7 Å². The van der Waals surface area contributed by atoms with E-state index in [1.165, 1.54) is 186 Å². The first-order valence-corrected chi connectivity index (χ1v) is 40.2. The Morgan fingerprint density at radius 3 is 0.789 bits per heavy atom. The Morgan fingerprint density at radius 1 is 0.311 bits per heavy atom. The van der Waals surface area contributed by atoms with E-state index in [-0.39, 0.29) is 25.7 Å². The highest BCUT2D eigenvalue weighted by atomic mass is 31.2. The summed E-state index contributed by atoms with van der Waals surface area (Å²) < 4.78 is 68.1. The molecule has 0 aromatic heterocycles. The van der Waals surface area contributed by atoms with Crippen molar-refractivity contribution in [3.05, 3.63) is 0 Å². The molecule has 0 spiro atoms. The second kappa shape index (κ2) is 64.4. The summed E-state index contributed by atoms with van der Waals surface area (Å²) in [4.78, 5) is 72.3. The van der Waals surface area contributed by atoms with Gasteiger partial charge < -0.3 is 33.8 Å². The number of aliphatic hydroxyl groups excluding tert-OH is 1.